The van der Waals surface area contributed by atoms with Crippen LogP contribution in [0, 0.1) is 0 Å². The second-order valence-corrected chi connectivity index (χ2v) is 9.10. The molecule has 29 heavy (non-hydrogen) atoms. The molecule has 0 aliphatic carbocycles. The molecule has 0 aromatic rings. The Bertz CT molecular complexity index is 649. The monoisotopic (exact) mass is 462 g/mol. The first kappa shape index (κ1) is 25.4. The van der Waals surface area contributed by atoms with Crippen molar-refractivity contribution in [3.63, 3.8) is 0 Å². The molecule has 0 amide bonds. The van der Waals surface area contributed by atoms with Crippen LogP contribution in [-0.2, 0) is 41.4 Å². The number of methoxy groups -OCH3 is 1. The van der Waals surface area contributed by atoms with Crippen molar-refractivity contribution >= 4 is 31.3 Å². The van der Waals surface area contributed by atoms with Crippen LogP contribution in [0.25, 0.3) is 0 Å². The highest BCUT2D eigenvalue weighted by Crippen LogP contribution is 2.50. The molecule has 0 aromatic heterocycles. The molecule has 0 spiro atoms. The summed E-state index contributed by atoms with van der Waals surface area (Å²) < 4.78 is 85.1. The average molecular weight is 462 g/mol. The Kier molecular flexibility index (Phi) is 8.86. The van der Waals surface area contributed by atoms with Crippen molar-refractivity contribution in [1.29, 1.82) is 0 Å². The van der Waals surface area contributed by atoms with Gasteiger partial charge in [0.1, 0.15) is 52.5 Å². The molecule has 2 aliphatic rings. The lowest BCUT2D eigenvalue weighted by Gasteiger charge is -2.24. The van der Waals surface area contributed by atoms with Gasteiger partial charge in [0, 0.05) is 14.2 Å². The Morgan fingerprint density at radius 3 is 1.79 bits per heavy atom. The highest BCUT2D eigenvalue weighted by Gasteiger charge is 2.50. The van der Waals surface area contributed by atoms with E-state index in [4.69, 9.17) is 39.0 Å². The summed E-state index contributed by atoms with van der Waals surface area (Å²) in [5.41, 5.74) is 0. The Balaban J connectivity index is 2.00. The van der Waals surface area contributed by atoms with E-state index in [1.54, 1.807) is 0 Å². The zero-order valence-corrected chi connectivity index (χ0v) is 17.2. The summed E-state index contributed by atoms with van der Waals surface area (Å²) >= 11 is 0. The van der Waals surface area contributed by atoms with E-state index in [0.717, 1.165) is 7.11 Å². The van der Waals surface area contributed by atoms with Crippen molar-refractivity contribution in [2.24, 2.45) is 0 Å². The van der Waals surface area contributed by atoms with Gasteiger partial charge in [0.25, 0.3) is 0 Å². The third-order valence-electron chi connectivity index (χ3n) is 4.13. The molecule has 8 unspecified atom stereocenters. The van der Waals surface area contributed by atoms with Crippen molar-refractivity contribution in [3.8, 4) is 0 Å². The van der Waals surface area contributed by atoms with E-state index in [-0.39, 0.29) is 6.61 Å². The zero-order chi connectivity index (χ0) is 22.0. The average Bonchev–Trinajstić information content (AvgIpc) is 3.05. The van der Waals surface area contributed by atoms with Crippen molar-refractivity contribution in [2.75, 3.05) is 27.4 Å². The number of phosphoric acid groups is 2. The molecule has 0 bridgehead atoms. The Morgan fingerprint density at radius 2 is 1.34 bits per heavy atom. The molecule has 0 aromatic carbocycles. The second-order valence-electron chi connectivity index (χ2n) is 6.18. The maximum absolute atomic E-state index is 14.1. The molecule has 10 atom stereocenters. The fourth-order valence-corrected chi connectivity index (χ4v) is 4.33. The topological polar surface area (TPSA) is 139 Å². The summed E-state index contributed by atoms with van der Waals surface area (Å²) in [6, 6.07) is -2.97. The lowest BCUT2D eigenvalue weighted by molar-refractivity contribution is -0.0337. The Hall–Kier alpha value is 0.0899. The lowest BCUT2D eigenvalue weighted by Crippen LogP contribution is -2.36. The molecule has 2 aliphatic heterocycles. The summed E-state index contributed by atoms with van der Waals surface area (Å²) in [5, 5.41) is 0. The molecule has 2 fully saturated rings. The standard InChI is InChI=1S/C12H20B2F2O11P2/c1-21-3-5-9(7(15)11(13)24-5)27-29(19,20)23-4-6-10(8(16)12(14)25-6)26-28(17,18)22-2/h5-12H,3-4H2,1-2H3,(H,17,18)(H,19,20)/t5?,6?,7?,8?,9-,10-,11?,12?/m0/s1. The number of rotatable bonds is 10. The molecule has 2 saturated heterocycles. The van der Waals surface area contributed by atoms with E-state index in [1.807, 2.05) is 0 Å². The molecule has 164 valence electrons. The highest BCUT2D eigenvalue weighted by molar-refractivity contribution is 7.47. The highest BCUT2D eigenvalue weighted by atomic mass is 31.2. The van der Waals surface area contributed by atoms with E-state index < -0.39 is 71.0 Å². The minimum atomic E-state index is -4.94. The van der Waals surface area contributed by atoms with Crippen LogP contribution in [0.15, 0.2) is 0 Å². The number of ether oxygens (including phenoxy) is 3. The van der Waals surface area contributed by atoms with Crippen LogP contribution in [0.4, 0.5) is 8.78 Å². The van der Waals surface area contributed by atoms with Gasteiger partial charge >= 0.3 is 15.6 Å². The molecule has 2 rings (SSSR count). The largest absolute Gasteiger partial charge is 0.472 e. The Morgan fingerprint density at radius 1 is 0.897 bits per heavy atom. The van der Waals surface area contributed by atoms with E-state index in [2.05, 4.69) is 9.05 Å². The zero-order valence-electron chi connectivity index (χ0n) is 15.4. The first-order valence-electron chi connectivity index (χ1n) is 8.22. The number of halogens is 2. The van der Waals surface area contributed by atoms with Gasteiger partial charge in [-0.15, -0.1) is 0 Å². The fourth-order valence-electron chi connectivity index (χ4n) is 2.73. The van der Waals surface area contributed by atoms with Crippen molar-refractivity contribution in [2.45, 2.75) is 48.8 Å². The third-order valence-corrected chi connectivity index (χ3v) is 6.08. The second kappa shape index (κ2) is 10.1. The number of phosphoric ester groups is 2. The predicted octanol–water partition coefficient (Wildman–Crippen LogP) is -0.270. The SMILES string of the molecule is [B]C1OC(COP(=O)(O)O[C@H]2C(COC)OC([B])C2F)[C@H](OP(=O)(O)OC)C1F. The van der Waals surface area contributed by atoms with Crippen LogP contribution in [0.5, 0.6) is 0 Å². The minimum Gasteiger partial charge on any atom is -0.382 e. The van der Waals surface area contributed by atoms with Crippen molar-refractivity contribution in [1.82, 2.24) is 0 Å². The lowest BCUT2D eigenvalue weighted by atomic mass is 9.94. The molecule has 11 nitrogen and oxygen atoms in total. The van der Waals surface area contributed by atoms with Gasteiger partial charge in [0.15, 0.2) is 0 Å². The molecule has 4 radical (unpaired) electrons. The van der Waals surface area contributed by atoms with Crippen LogP contribution in [0.3, 0.4) is 0 Å². The fraction of sp³-hybridized carbons (Fsp3) is 1.00. The van der Waals surface area contributed by atoms with Gasteiger partial charge < -0.3 is 24.0 Å². The molecule has 0 saturated carbocycles. The van der Waals surface area contributed by atoms with Crippen LogP contribution >= 0.6 is 15.6 Å². The first-order chi connectivity index (χ1) is 13.4. The van der Waals surface area contributed by atoms with Crippen LogP contribution in [-0.4, -0.2) is 102 Å². The van der Waals surface area contributed by atoms with Crippen LogP contribution < -0.4 is 0 Å². The minimum absolute atomic E-state index is 0.179. The Labute approximate surface area is 168 Å². The van der Waals surface area contributed by atoms with Crippen molar-refractivity contribution < 1.29 is 60.0 Å². The van der Waals surface area contributed by atoms with Gasteiger partial charge in [-0.2, -0.15) is 0 Å². The van der Waals surface area contributed by atoms with E-state index >= 15 is 0 Å². The van der Waals surface area contributed by atoms with E-state index in [0.29, 0.717) is 0 Å². The summed E-state index contributed by atoms with van der Waals surface area (Å²) in [5.74, 6) is 0. The summed E-state index contributed by atoms with van der Waals surface area (Å²) in [7, 11) is 3.35. The molecular weight excluding hydrogens is 442 g/mol. The maximum atomic E-state index is 14.1. The smallest absolute Gasteiger partial charge is 0.382 e. The van der Waals surface area contributed by atoms with Crippen molar-refractivity contribution in [3.05, 3.63) is 0 Å². The number of hydrogen-bond acceptors (Lipinski definition) is 9. The maximum Gasteiger partial charge on any atom is 0.472 e. The predicted molar refractivity (Wildman–Crippen MR) is 92.9 cm³/mol. The van der Waals surface area contributed by atoms with Gasteiger partial charge in [-0.3, -0.25) is 18.1 Å². The number of hydrogen-bond donors (Lipinski definition) is 2. The quantitative estimate of drug-likeness (QED) is 0.328. The van der Waals surface area contributed by atoms with E-state index in [1.165, 1.54) is 7.11 Å². The van der Waals surface area contributed by atoms with E-state index in [9.17, 15) is 27.7 Å². The van der Waals surface area contributed by atoms with Crippen LogP contribution in [0.1, 0.15) is 0 Å². The van der Waals surface area contributed by atoms with Gasteiger partial charge in [0.05, 0.1) is 25.2 Å². The molecule has 17 heteroatoms. The summed E-state index contributed by atoms with van der Waals surface area (Å²) in [6.45, 7) is -1.02. The van der Waals surface area contributed by atoms with Gasteiger partial charge in [0.2, 0.25) is 0 Å². The van der Waals surface area contributed by atoms with Gasteiger partial charge in [-0.05, 0) is 0 Å². The third kappa shape index (κ3) is 6.54. The summed E-state index contributed by atoms with van der Waals surface area (Å²) in [6.07, 6.45) is -9.92. The van der Waals surface area contributed by atoms with Crippen LogP contribution in [0.2, 0.25) is 0 Å². The molecule has 2 heterocycles. The van der Waals surface area contributed by atoms with Gasteiger partial charge in [-0.25, -0.2) is 17.9 Å². The molecule has 2 N–H and O–H groups in total. The number of alkyl halides is 2. The molecular formula is C12H20B2F2O11P2. The normalized spacial score (nSPS) is 41.9. The summed E-state index contributed by atoms with van der Waals surface area (Å²) in [4.78, 5) is 19.2. The van der Waals surface area contributed by atoms with Gasteiger partial charge in [-0.1, -0.05) is 0 Å². The first-order valence-corrected chi connectivity index (χ1v) is 11.2.